The largest absolute Gasteiger partial charge is 0.453 e. The van der Waals surface area contributed by atoms with E-state index in [-0.39, 0.29) is 11.3 Å². The van der Waals surface area contributed by atoms with E-state index in [0.717, 1.165) is 10.3 Å². The molecule has 0 aliphatic carbocycles. The Kier molecular flexibility index (Phi) is 5.10. The monoisotopic (exact) mass is 356 g/mol. The van der Waals surface area contributed by atoms with Crippen molar-refractivity contribution in [3.8, 4) is 0 Å². The van der Waals surface area contributed by atoms with E-state index in [2.05, 4.69) is 0 Å². The van der Waals surface area contributed by atoms with E-state index >= 15 is 0 Å². The number of ketones is 1. The maximum atomic E-state index is 12.6. The summed E-state index contributed by atoms with van der Waals surface area (Å²) >= 11 is 0. The van der Waals surface area contributed by atoms with Crippen LogP contribution in [0.25, 0.3) is 0 Å². The van der Waals surface area contributed by atoms with Crippen LogP contribution in [0, 0.1) is 20.8 Å². The lowest BCUT2D eigenvalue weighted by molar-refractivity contribution is -0.141. The fourth-order valence-electron chi connectivity index (χ4n) is 2.61. The molecule has 0 aliphatic heterocycles. The molecule has 0 bridgehead atoms. The number of aryl methyl sites for hydroxylation is 2. The molecule has 0 saturated carbocycles. The van der Waals surface area contributed by atoms with Crippen molar-refractivity contribution in [2.45, 2.75) is 33.5 Å². The van der Waals surface area contributed by atoms with Gasteiger partial charge in [-0.15, -0.1) is 0 Å². The number of rotatable bonds is 5. The number of alkyl halides is 3. The van der Waals surface area contributed by atoms with Crippen molar-refractivity contribution in [2.75, 3.05) is 6.61 Å². The maximum Gasteiger partial charge on any atom is 0.406 e. The molecule has 0 saturated heterocycles. The molecular formula is C17H19F3N2O3. The number of hydrogen-bond acceptors (Lipinski definition) is 3. The summed E-state index contributed by atoms with van der Waals surface area (Å²) in [6, 6.07) is 4.70. The molecule has 0 unspecified atom stereocenters. The first kappa shape index (κ1) is 18.8. The number of carbonyl (C=O) groups excluding carboxylic acids is 2. The zero-order chi connectivity index (χ0) is 18.9. The highest BCUT2D eigenvalue weighted by atomic mass is 19.4. The molecule has 2 rings (SSSR count). The predicted octanol–water partition coefficient (Wildman–Crippen LogP) is 3.35. The zero-order valence-corrected chi connectivity index (χ0v) is 14.4. The van der Waals surface area contributed by atoms with Crippen LogP contribution in [0.5, 0.6) is 0 Å². The van der Waals surface area contributed by atoms with Gasteiger partial charge in [0, 0.05) is 29.7 Å². The smallest absolute Gasteiger partial charge is 0.406 e. The summed E-state index contributed by atoms with van der Waals surface area (Å²) in [5, 5.41) is 0. The van der Waals surface area contributed by atoms with Crippen LogP contribution >= 0.6 is 0 Å². The first-order valence-electron chi connectivity index (χ1n) is 7.57. The molecule has 0 N–H and O–H groups in total. The quantitative estimate of drug-likeness (QED) is 0.610. The Hall–Kier alpha value is -2.51. The molecule has 0 aromatic carbocycles. The summed E-state index contributed by atoms with van der Waals surface area (Å²) in [7, 11) is 1.69. The van der Waals surface area contributed by atoms with Crippen molar-refractivity contribution in [1.29, 1.82) is 0 Å². The summed E-state index contributed by atoms with van der Waals surface area (Å²) < 4.78 is 45.5. The molecule has 0 radical (unpaired) electrons. The van der Waals surface area contributed by atoms with Gasteiger partial charge in [-0.05, 0) is 39.0 Å². The molecule has 8 heteroatoms. The van der Waals surface area contributed by atoms with Gasteiger partial charge in [0.1, 0.15) is 12.2 Å². The minimum Gasteiger partial charge on any atom is -0.453 e. The van der Waals surface area contributed by atoms with Gasteiger partial charge in [-0.1, -0.05) is 0 Å². The Morgan fingerprint density at radius 2 is 1.76 bits per heavy atom. The SMILES string of the molecule is Cc1ccc(C(=O)OCC(=O)c2cc(C)n(CC(F)(F)F)c2C)n1C. The first-order chi connectivity index (χ1) is 11.5. The molecule has 2 heterocycles. The normalized spacial score (nSPS) is 11.6. The molecule has 2 aromatic rings. The summed E-state index contributed by atoms with van der Waals surface area (Å²) in [6.45, 7) is 3.06. The number of Topliss-reactive ketones (excluding diaryl/α,β-unsaturated/α-hetero) is 1. The van der Waals surface area contributed by atoms with E-state index in [9.17, 15) is 22.8 Å². The van der Waals surface area contributed by atoms with Gasteiger partial charge in [0.15, 0.2) is 6.61 Å². The third-order valence-corrected chi connectivity index (χ3v) is 4.13. The third-order valence-electron chi connectivity index (χ3n) is 4.13. The molecule has 25 heavy (non-hydrogen) atoms. The van der Waals surface area contributed by atoms with Gasteiger partial charge in [0.2, 0.25) is 5.78 Å². The van der Waals surface area contributed by atoms with Crippen molar-refractivity contribution < 1.29 is 27.5 Å². The highest BCUT2D eigenvalue weighted by Gasteiger charge is 2.30. The zero-order valence-electron chi connectivity index (χ0n) is 14.4. The molecule has 2 aromatic heterocycles. The molecule has 5 nitrogen and oxygen atoms in total. The van der Waals surface area contributed by atoms with Crippen molar-refractivity contribution in [3.63, 3.8) is 0 Å². The summed E-state index contributed by atoms with van der Waals surface area (Å²) in [5.74, 6) is -1.20. The number of hydrogen-bond donors (Lipinski definition) is 0. The van der Waals surface area contributed by atoms with Crippen LogP contribution in [-0.4, -0.2) is 33.7 Å². The molecule has 0 atom stereocenters. The highest BCUT2D eigenvalue weighted by molar-refractivity contribution is 6.00. The van der Waals surface area contributed by atoms with Crippen molar-refractivity contribution in [3.05, 3.63) is 46.5 Å². The Labute approximate surface area is 143 Å². The lowest BCUT2D eigenvalue weighted by atomic mass is 10.1. The summed E-state index contributed by atoms with van der Waals surface area (Å²) in [4.78, 5) is 24.3. The topological polar surface area (TPSA) is 53.2 Å². The van der Waals surface area contributed by atoms with Crippen molar-refractivity contribution in [1.82, 2.24) is 9.13 Å². The third kappa shape index (κ3) is 4.12. The standard InChI is InChI=1S/C17H19F3N2O3/c1-10-5-6-14(21(10)4)16(24)25-8-15(23)13-7-11(2)22(12(13)3)9-17(18,19)20/h5-7H,8-9H2,1-4H3. The molecule has 0 amide bonds. The van der Waals surface area contributed by atoms with E-state index in [4.69, 9.17) is 4.74 Å². The maximum absolute atomic E-state index is 12.6. The van der Waals surface area contributed by atoms with E-state index in [0.29, 0.717) is 11.4 Å². The average molecular weight is 356 g/mol. The van der Waals surface area contributed by atoms with E-state index in [1.165, 1.54) is 19.9 Å². The van der Waals surface area contributed by atoms with E-state index < -0.39 is 31.1 Å². The van der Waals surface area contributed by atoms with Gasteiger partial charge < -0.3 is 13.9 Å². The van der Waals surface area contributed by atoms with Gasteiger partial charge in [-0.3, -0.25) is 4.79 Å². The molecule has 136 valence electrons. The van der Waals surface area contributed by atoms with Gasteiger partial charge in [-0.2, -0.15) is 13.2 Å². The minimum atomic E-state index is -4.38. The van der Waals surface area contributed by atoms with Crippen LogP contribution in [-0.2, 0) is 18.3 Å². The van der Waals surface area contributed by atoms with Crippen LogP contribution in [0.3, 0.4) is 0 Å². The van der Waals surface area contributed by atoms with E-state index in [1.807, 2.05) is 6.92 Å². The number of halogens is 3. The number of carbonyl (C=O) groups is 2. The minimum absolute atomic E-state index is 0.123. The molecule has 0 fully saturated rings. The lowest BCUT2D eigenvalue weighted by Crippen LogP contribution is -2.20. The van der Waals surface area contributed by atoms with Crippen LogP contribution in [0.1, 0.15) is 37.9 Å². The van der Waals surface area contributed by atoms with Crippen molar-refractivity contribution in [2.24, 2.45) is 7.05 Å². The van der Waals surface area contributed by atoms with Crippen LogP contribution < -0.4 is 0 Å². The second kappa shape index (κ2) is 6.78. The fraction of sp³-hybridized carbons (Fsp3) is 0.412. The second-order valence-corrected chi connectivity index (χ2v) is 5.90. The summed E-state index contributed by atoms with van der Waals surface area (Å²) in [5.41, 5.74) is 1.80. The predicted molar refractivity (Wildman–Crippen MR) is 84.7 cm³/mol. The van der Waals surface area contributed by atoms with Gasteiger partial charge in [0.25, 0.3) is 0 Å². The summed E-state index contributed by atoms with van der Waals surface area (Å²) in [6.07, 6.45) is -4.38. The lowest BCUT2D eigenvalue weighted by Gasteiger charge is -2.12. The Balaban J connectivity index is 2.10. The Morgan fingerprint density at radius 1 is 1.12 bits per heavy atom. The Morgan fingerprint density at radius 3 is 2.28 bits per heavy atom. The molecular weight excluding hydrogens is 337 g/mol. The van der Waals surface area contributed by atoms with Gasteiger partial charge >= 0.3 is 12.1 Å². The van der Waals surface area contributed by atoms with E-state index in [1.54, 1.807) is 23.7 Å². The van der Waals surface area contributed by atoms with Crippen LogP contribution in [0.15, 0.2) is 18.2 Å². The van der Waals surface area contributed by atoms with Gasteiger partial charge in [0.05, 0.1) is 0 Å². The number of nitrogens with zero attached hydrogens (tertiary/aromatic N) is 2. The average Bonchev–Trinajstić information content (AvgIpc) is 2.98. The molecule has 0 spiro atoms. The highest BCUT2D eigenvalue weighted by Crippen LogP contribution is 2.23. The number of esters is 1. The number of ether oxygens (including phenoxy) is 1. The van der Waals surface area contributed by atoms with Gasteiger partial charge in [-0.25, -0.2) is 4.79 Å². The first-order valence-corrected chi connectivity index (χ1v) is 7.57. The second-order valence-electron chi connectivity index (χ2n) is 5.90. The number of aromatic nitrogens is 2. The van der Waals surface area contributed by atoms with Crippen molar-refractivity contribution >= 4 is 11.8 Å². The Bertz CT molecular complexity index is 816. The molecule has 0 aliphatic rings. The fourth-order valence-corrected chi connectivity index (χ4v) is 2.61. The van der Waals surface area contributed by atoms with Crippen LogP contribution in [0.4, 0.5) is 13.2 Å². The van der Waals surface area contributed by atoms with Crippen LogP contribution in [0.2, 0.25) is 0 Å².